The monoisotopic (exact) mass is 347 g/mol. The zero-order valence-corrected chi connectivity index (χ0v) is 15.3. The Hall–Kier alpha value is -2.12. The summed E-state index contributed by atoms with van der Waals surface area (Å²) in [6.07, 6.45) is 4.91. The van der Waals surface area contributed by atoms with Crippen molar-refractivity contribution in [1.29, 1.82) is 0 Å². The molecule has 1 aromatic rings. The normalized spacial score (nSPS) is 20.5. The number of fused-ring (bicyclic) bond motifs is 1. The number of aromatic nitrogens is 3. The largest absolute Gasteiger partial charge is 0.357 e. The number of nitrogens with one attached hydrogen (secondary N) is 2. The van der Waals surface area contributed by atoms with E-state index in [1.54, 1.807) is 0 Å². The van der Waals surface area contributed by atoms with Crippen molar-refractivity contribution in [3.63, 3.8) is 0 Å². The number of carbonyl (C=O) groups is 1. The molecule has 1 aromatic heterocycles. The summed E-state index contributed by atoms with van der Waals surface area (Å²) in [7, 11) is 0. The second-order valence-electron chi connectivity index (χ2n) is 6.66. The molecule has 1 amide bonds. The van der Waals surface area contributed by atoms with Crippen molar-refractivity contribution in [2.75, 3.05) is 19.6 Å². The molecular weight excluding hydrogens is 318 g/mol. The van der Waals surface area contributed by atoms with Gasteiger partial charge in [-0.2, -0.15) is 0 Å². The molecule has 2 aliphatic rings. The van der Waals surface area contributed by atoms with Crippen LogP contribution < -0.4 is 10.6 Å². The molecule has 1 saturated heterocycles. The van der Waals surface area contributed by atoms with Crippen molar-refractivity contribution in [2.45, 2.75) is 65.1 Å². The molecule has 0 saturated carbocycles. The van der Waals surface area contributed by atoms with E-state index in [9.17, 15) is 4.79 Å². The zero-order valence-electron chi connectivity index (χ0n) is 15.3. The first-order chi connectivity index (χ1) is 12.2. The van der Waals surface area contributed by atoms with Crippen LogP contribution in [0.1, 0.15) is 51.2 Å². The lowest BCUT2D eigenvalue weighted by atomic mass is 10.2. The predicted octanol–water partition coefficient (Wildman–Crippen LogP) is 0.680. The molecular formula is C17H29N7O. The molecule has 8 heteroatoms. The van der Waals surface area contributed by atoms with Crippen LogP contribution in [0, 0.1) is 0 Å². The first-order valence-corrected chi connectivity index (χ1v) is 9.44. The number of nitrogens with zero attached hydrogens (tertiary/aromatic N) is 5. The number of hydrogen-bond donors (Lipinski definition) is 2. The van der Waals surface area contributed by atoms with Gasteiger partial charge in [0, 0.05) is 45.1 Å². The van der Waals surface area contributed by atoms with Crippen molar-refractivity contribution in [3.8, 4) is 0 Å². The molecule has 1 fully saturated rings. The molecule has 0 spiro atoms. The Morgan fingerprint density at radius 1 is 1.28 bits per heavy atom. The van der Waals surface area contributed by atoms with Crippen LogP contribution in [0.3, 0.4) is 0 Å². The Morgan fingerprint density at radius 2 is 2.16 bits per heavy atom. The predicted molar refractivity (Wildman–Crippen MR) is 96.2 cm³/mol. The number of rotatable bonds is 5. The highest BCUT2D eigenvalue weighted by Gasteiger charge is 2.25. The van der Waals surface area contributed by atoms with Crippen molar-refractivity contribution >= 4 is 11.9 Å². The summed E-state index contributed by atoms with van der Waals surface area (Å²) in [6, 6.07) is 0.251. The van der Waals surface area contributed by atoms with Crippen LogP contribution in [-0.2, 0) is 24.3 Å². The summed E-state index contributed by atoms with van der Waals surface area (Å²) in [6.45, 7) is 7.85. The molecule has 25 heavy (non-hydrogen) atoms. The van der Waals surface area contributed by atoms with Gasteiger partial charge >= 0.3 is 0 Å². The van der Waals surface area contributed by atoms with E-state index in [4.69, 9.17) is 0 Å². The van der Waals surface area contributed by atoms with Crippen LogP contribution in [0.2, 0.25) is 0 Å². The number of guanidine groups is 1. The van der Waals surface area contributed by atoms with E-state index in [-0.39, 0.29) is 11.9 Å². The van der Waals surface area contributed by atoms with Gasteiger partial charge in [0.2, 0.25) is 5.91 Å². The lowest BCUT2D eigenvalue weighted by Crippen LogP contribution is -2.45. The smallest absolute Gasteiger partial charge is 0.222 e. The molecule has 1 unspecified atom stereocenters. The molecule has 3 heterocycles. The number of aliphatic imine (C=N–C) groups is 1. The maximum Gasteiger partial charge on any atom is 0.222 e. The van der Waals surface area contributed by atoms with Crippen LogP contribution in [0.25, 0.3) is 0 Å². The maximum absolute atomic E-state index is 11.8. The third-order valence-corrected chi connectivity index (χ3v) is 4.84. The molecule has 8 nitrogen and oxygen atoms in total. The highest BCUT2D eigenvalue weighted by molar-refractivity contribution is 5.80. The van der Waals surface area contributed by atoms with Crippen molar-refractivity contribution in [2.24, 2.45) is 4.99 Å². The Morgan fingerprint density at radius 3 is 2.96 bits per heavy atom. The first-order valence-electron chi connectivity index (χ1n) is 9.44. The molecule has 2 N–H and O–H groups in total. The van der Waals surface area contributed by atoms with E-state index in [0.717, 1.165) is 56.6 Å². The third-order valence-electron chi connectivity index (χ3n) is 4.84. The van der Waals surface area contributed by atoms with E-state index < -0.39 is 0 Å². The van der Waals surface area contributed by atoms with Gasteiger partial charge in [-0.1, -0.05) is 6.92 Å². The Labute approximate surface area is 149 Å². The molecule has 0 aromatic carbocycles. The fraction of sp³-hybridized carbons (Fsp3) is 0.765. The average molecular weight is 347 g/mol. The summed E-state index contributed by atoms with van der Waals surface area (Å²) in [5.74, 6) is 3.02. The van der Waals surface area contributed by atoms with Crippen LogP contribution in [0.4, 0.5) is 0 Å². The van der Waals surface area contributed by atoms with Crippen molar-refractivity contribution in [3.05, 3.63) is 11.6 Å². The number of aryl methyl sites for hydroxylation is 1. The van der Waals surface area contributed by atoms with E-state index >= 15 is 0 Å². The Bertz CT molecular complexity index is 625. The van der Waals surface area contributed by atoms with Gasteiger partial charge in [0.25, 0.3) is 0 Å². The van der Waals surface area contributed by atoms with Gasteiger partial charge in [0.05, 0.1) is 0 Å². The Balaban J connectivity index is 1.60. The summed E-state index contributed by atoms with van der Waals surface area (Å²) in [5.41, 5.74) is 0. The molecule has 0 aliphatic carbocycles. The van der Waals surface area contributed by atoms with Crippen LogP contribution in [0.5, 0.6) is 0 Å². The second-order valence-corrected chi connectivity index (χ2v) is 6.66. The quantitative estimate of drug-likeness (QED) is 0.604. The fourth-order valence-corrected chi connectivity index (χ4v) is 3.48. The van der Waals surface area contributed by atoms with Gasteiger partial charge in [0.15, 0.2) is 11.8 Å². The van der Waals surface area contributed by atoms with Gasteiger partial charge in [0.1, 0.15) is 12.4 Å². The SMILES string of the molecule is CCNC(=NCc1nnc2n1CCCC2)NC1CCN(C(=O)CC)C1. The van der Waals surface area contributed by atoms with Crippen LogP contribution >= 0.6 is 0 Å². The van der Waals surface area contributed by atoms with Gasteiger partial charge in [-0.15, -0.1) is 10.2 Å². The third kappa shape index (κ3) is 4.29. The standard InChI is InChI=1S/C17H29N7O/c1-3-16(25)23-10-8-13(12-23)20-17(18-4-2)19-11-15-22-21-14-7-5-6-9-24(14)15/h13H,3-12H2,1-2H3,(H2,18,19,20). The van der Waals surface area contributed by atoms with Crippen LogP contribution in [-0.4, -0.2) is 57.2 Å². The van der Waals surface area contributed by atoms with Crippen LogP contribution in [0.15, 0.2) is 4.99 Å². The van der Waals surface area contributed by atoms with Gasteiger partial charge in [-0.05, 0) is 26.2 Å². The minimum atomic E-state index is 0.223. The fourth-order valence-electron chi connectivity index (χ4n) is 3.48. The summed E-state index contributed by atoms with van der Waals surface area (Å²) in [4.78, 5) is 18.4. The lowest BCUT2D eigenvalue weighted by molar-refractivity contribution is -0.129. The molecule has 0 bridgehead atoms. The zero-order chi connectivity index (χ0) is 17.6. The van der Waals surface area contributed by atoms with E-state index in [0.29, 0.717) is 13.0 Å². The van der Waals surface area contributed by atoms with Gasteiger partial charge < -0.3 is 20.1 Å². The molecule has 0 radical (unpaired) electrons. The highest BCUT2D eigenvalue weighted by Crippen LogP contribution is 2.15. The van der Waals surface area contributed by atoms with Gasteiger partial charge in [-0.25, -0.2) is 4.99 Å². The summed E-state index contributed by atoms with van der Waals surface area (Å²) < 4.78 is 2.20. The maximum atomic E-state index is 11.8. The number of hydrogen-bond acceptors (Lipinski definition) is 4. The minimum Gasteiger partial charge on any atom is -0.357 e. The summed E-state index contributed by atoms with van der Waals surface area (Å²) in [5, 5.41) is 15.3. The molecule has 3 rings (SSSR count). The van der Waals surface area contributed by atoms with E-state index in [1.807, 2.05) is 11.8 Å². The molecule has 2 aliphatic heterocycles. The topological polar surface area (TPSA) is 87.4 Å². The summed E-state index contributed by atoms with van der Waals surface area (Å²) >= 11 is 0. The minimum absolute atomic E-state index is 0.223. The number of likely N-dealkylation sites (tertiary alicyclic amines) is 1. The van der Waals surface area contributed by atoms with E-state index in [1.165, 1.54) is 12.8 Å². The van der Waals surface area contributed by atoms with E-state index in [2.05, 4.69) is 37.3 Å². The second kappa shape index (κ2) is 8.31. The molecule has 1 atom stereocenters. The highest BCUT2D eigenvalue weighted by atomic mass is 16.2. The first kappa shape index (κ1) is 17.7. The Kier molecular flexibility index (Phi) is 5.88. The van der Waals surface area contributed by atoms with Crippen molar-refractivity contribution in [1.82, 2.24) is 30.3 Å². The number of amides is 1. The average Bonchev–Trinajstić information content (AvgIpc) is 3.26. The lowest BCUT2D eigenvalue weighted by Gasteiger charge is -2.19. The van der Waals surface area contributed by atoms with Gasteiger partial charge in [-0.3, -0.25) is 4.79 Å². The number of carbonyl (C=O) groups excluding carboxylic acids is 1. The van der Waals surface area contributed by atoms with Crippen molar-refractivity contribution < 1.29 is 4.79 Å². The molecule has 138 valence electrons.